The Bertz CT molecular complexity index is 317. The summed E-state index contributed by atoms with van der Waals surface area (Å²) in [4.78, 5) is 1.70. The SMILES string of the molecule is [NH3+]C[C@H](c1ccc(Cl)cc1)[NH+]1CCCCC1. The molecule has 1 aromatic rings. The van der Waals surface area contributed by atoms with Gasteiger partial charge in [0.15, 0.2) is 6.04 Å². The Kier molecular flexibility index (Phi) is 4.22. The highest BCUT2D eigenvalue weighted by Crippen LogP contribution is 2.14. The summed E-state index contributed by atoms with van der Waals surface area (Å²) in [5, 5.41) is 0.820. The van der Waals surface area contributed by atoms with Crippen LogP contribution in [0, 0.1) is 0 Å². The summed E-state index contributed by atoms with van der Waals surface area (Å²) in [7, 11) is 0. The highest BCUT2D eigenvalue weighted by molar-refractivity contribution is 6.30. The minimum absolute atomic E-state index is 0.553. The Morgan fingerprint density at radius 3 is 2.31 bits per heavy atom. The Hall–Kier alpha value is -0.570. The maximum atomic E-state index is 5.92. The van der Waals surface area contributed by atoms with Crippen LogP contribution in [0.15, 0.2) is 24.3 Å². The fourth-order valence-electron chi connectivity index (χ4n) is 2.66. The topological polar surface area (TPSA) is 32.1 Å². The van der Waals surface area contributed by atoms with Gasteiger partial charge in [-0.05, 0) is 31.4 Å². The lowest BCUT2D eigenvalue weighted by atomic mass is 10.0. The molecule has 0 bridgehead atoms. The highest BCUT2D eigenvalue weighted by atomic mass is 35.5. The van der Waals surface area contributed by atoms with E-state index in [0.717, 1.165) is 11.6 Å². The van der Waals surface area contributed by atoms with Crippen LogP contribution in [0.4, 0.5) is 0 Å². The predicted octanol–water partition coefficient (Wildman–Crippen LogP) is 0.692. The van der Waals surface area contributed by atoms with Crippen LogP contribution in [0.1, 0.15) is 30.9 Å². The summed E-state index contributed by atoms with van der Waals surface area (Å²) in [6.45, 7) is 3.56. The van der Waals surface area contributed by atoms with Crippen LogP contribution in [0.3, 0.4) is 0 Å². The molecule has 88 valence electrons. The smallest absolute Gasteiger partial charge is 0.162 e. The van der Waals surface area contributed by atoms with E-state index in [1.54, 1.807) is 4.90 Å². The van der Waals surface area contributed by atoms with Gasteiger partial charge in [0.1, 0.15) is 6.54 Å². The van der Waals surface area contributed by atoms with Gasteiger partial charge in [0, 0.05) is 10.6 Å². The van der Waals surface area contributed by atoms with Crippen molar-refractivity contribution >= 4 is 11.6 Å². The van der Waals surface area contributed by atoms with E-state index in [-0.39, 0.29) is 0 Å². The van der Waals surface area contributed by atoms with Crippen LogP contribution in [-0.2, 0) is 0 Å². The molecule has 1 saturated heterocycles. The van der Waals surface area contributed by atoms with E-state index in [1.165, 1.54) is 37.9 Å². The van der Waals surface area contributed by atoms with E-state index < -0.39 is 0 Å². The number of rotatable bonds is 3. The molecule has 1 fully saturated rings. The molecule has 16 heavy (non-hydrogen) atoms. The van der Waals surface area contributed by atoms with Gasteiger partial charge in [-0.15, -0.1) is 0 Å². The van der Waals surface area contributed by atoms with Gasteiger partial charge in [-0.3, -0.25) is 0 Å². The number of nitrogens with one attached hydrogen (secondary N) is 1. The second-order valence-corrected chi connectivity index (χ2v) is 5.05. The van der Waals surface area contributed by atoms with Gasteiger partial charge in [0.05, 0.1) is 13.1 Å². The van der Waals surface area contributed by atoms with Gasteiger partial charge >= 0.3 is 0 Å². The molecule has 0 amide bonds. The van der Waals surface area contributed by atoms with Crippen molar-refractivity contribution in [3.63, 3.8) is 0 Å². The van der Waals surface area contributed by atoms with Crippen LogP contribution in [0.2, 0.25) is 5.02 Å². The molecule has 2 nitrogen and oxygen atoms in total. The first-order chi connectivity index (χ1) is 7.81. The molecule has 1 aliphatic heterocycles. The van der Waals surface area contributed by atoms with Crippen molar-refractivity contribution in [2.45, 2.75) is 25.3 Å². The van der Waals surface area contributed by atoms with Crippen molar-refractivity contribution in [3.8, 4) is 0 Å². The fraction of sp³-hybridized carbons (Fsp3) is 0.538. The summed E-state index contributed by atoms with van der Waals surface area (Å²) in [5.74, 6) is 0. The summed E-state index contributed by atoms with van der Waals surface area (Å²) >= 11 is 5.92. The molecule has 0 spiro atoms. The molecule has 3 heteroatoms. The van der Waals surface area contributed by atoms with Crippen molar-refractivity contribution in [1.82, 2.24) is 0 Å². The van der Waals surface area contributed by atoms with Gasteiger partial charge in [-0.2, -0.15) is 0 Å². The summed E-state index contributed by atoms with van der Waals surface area (Å²) in [5.41, 5.74) is 5.49. The highest BCUT2D eigenvalue weighted by Gasteiger charge is 2.25. The Morgan fingerprint density at radius 1 is 1.12 bits per heavy atom. The lowest BCUT2D eigenvalue weighted by Gasteiger charge is -2.29. The van der Waals surface area contributed by atoms with Gasteiger partial charge in [0.2, 0.25) is 0 Å². The molecule has 0 unspecified atom stereocenters. The molecule has 0 aromatic heterocycles. The quantitative estimate of drug-likeness (QED) is 0.780. The third-order valence-corrected chi connectivity index (χ3v) is 3.80. The van der Waals surface area contributed by atoms with E-state index in [4.69, 9.17) is 11.6 Å². The second-order valence-electron chi connectivity index (χ2n) is 4.61. The van der Waals surface area contributed by atoms with Gasteiger partial charge in [-0.25, -0.2) is 0 Å². The van der Waals surface area contributed by atoms with Crippen LogP contribution in [-0.4, -0.2) is 19.6 Å². The van der Waals surface area contributed by atoms with E-state index in [2.05, 4.69) is 17.9 Å². The standard InChI is InChI=1S/C13H19ClN2/c14-12-6-4-11(5-7-12)13(10-15)16-8-2-1-3-9-16/h4-7,13H,1-3,8-10,15H2/p+2/t13-/m1/s1. The first kappa shape index (κ1) is 11.9. The van der Waals surface area contributed by atoms with Crippen molar-refractivity contribution in [1.29, 1.82) is 0 Å². The number of hydrogen-bond acceptors (Lipinski definition) is 0. The molecule has 0 radical (unpaired) electrons. The Labute approximate surface area is 102 Å². The molecule has 0 aliphatic carbocycles. The van der Waals surface area contributed by atoms with Crippen LogP contribution < -0.4 is 10.6 Å². The third-order valence-electron chi connectivity index (χ3n) is 3.55. The van der Waals surface area contributed by atoms with Crippen molar-refractivity contribution < 1.29 is 10.6 Å². The fourth-order valence-corrected chi connectivity index (χ4v) is 2.78. The normalized spacial score (nSPS) is 19.6. The van der Waals surface area contributed by atoms with Crippen LogP contribution >= 0.6 is 11.6 Å². The first-order valence-electron chi connectivity index (χ1n) is 6.20. The van der Waals surface area contributed by atoms with Gasteiger partial charge in [-0.1, -0.05) is 23.7 Å². The van der Waals surface area contributed by atoms with Crippen LogP contribution in [0.25, 0.3) is 0 Å². The zero-order valence-electron chi connectivity index (χ0n) is 9.71. The lowest BCUT2D eigenvalue weighted by molar-refractivity contribution is -0.942. The first-order valence-corrected chi connectivity index (χ1v) is 6.58. The number of likely N-dealkylation sites (tertiary alicyclic amines) is 1. The van der Waals surface area contributed by atoms with E-state index in [0.29, 0.717) is 6.04 Å². The number of hydrogen-bond donors (Lipinski definition) is 2. The number of piperidine rings is 1. The molecule has 2 rings (SSSR count). The molecule has 1 aliphatic rings. The minimum Gasteiger partial charge on any atom is -0.352 e. The molecular formula is C13H21ClN2+2. The molecule has 1 aromatic carbocycles. The minimum atomic E-state index is 0.553. The number of benzene rings is 1. The van der Waals surface area contributed by atoms with E-state index in [9.17, 15) is 0 Å². The molecule has 1 atom stereocenters. The summed E-state index contributed by atoms with van der Waals surface area (Å²) in [6, 6.07) is 8.84. The van der Waals surface area contributed by atoms with Crippen molar-refractivity contribution in [3.05, 3.63) is 34.9 Å². The molecule has 0 saturated carbocycles. The van der Waals surface area contributed by atoms with E-state index >= 15 is 0 Å². The third kappa shape index (κ3) is 2.76. The Morgan fingerprint density at radius 2 is 1.75 bits per heavy atom. The molecule has 4 N–H and O–H groups in total. The monoisotopic (exact) mass is 240 g/mol. The maximum absolute atomic E-state index is 5.92. The predicted molar refractivity (Wildman–Crippen MR) is 66.5 cm³/mol. The average molecular weight is 241 g/mol. The Balaban J connectivity index is 2.11. The van der Waals surface area contributed by atoms with E-state index in [1.807, 2.05) is 12.1 Å². The van der Waals surface area contributed by atoms with Crippen LogP contribution in [0.5, 0.6) is 0 Å². The average Bonchev–Trinajstić information content (AvgIpc) is 2.34. The number of quaternary nitrogens is 2. The summed E-state index contributed by atoms with van der Waals surface area (Å²) in [6.07, 6.45) is 4.12. The summed E-state index contributed by atoms with van der Waals surface area (Å²) < 4.78 is 0. The zero-order valence-corrected chi connectivity index (χ0v) is 10.5. The zero-order chi connectivity index (χ0) is 11.4. The largest absolute Gasteiger partial charge is 0.352 e. The van der Waals surface area contributed by atoms with Crippen molar-refractivity contribution in [2.24, 2.45) is 0 Å². The second kappa shape index (κ2) is 5.67. The molecule has 1 heterocycles. The number of halogens is 1. The van der Waals surface area contributed by atoms with Gasteiger partial charge < -0.3 is 10.6 Å². The van der Waals surface area contributed by atoms with Crippen molar-refractivity contribution in [2.75, 3.05) is 19.6 Å². The maximum Gasteiger partial charge on any atom is 0.162 e. The lowest BCUT2D eigenvalue weighted by Crippen LogP contribution is -3.14. The van der Waals surface area contributed by atoms with Gasteiger partial charge in [0.25, 0.3) is 0 Å². The molecular weight excluding hydrogens is 220 g/mol.